The first kappa shape index (κ1) is 24.9. The van der Waals surface area contributed by atoms with E-state index in [1.165, 1.54) is 7.11 Å². The van der Waals surface area contributed by atoms with E-state index in [0.717, 1.165) is 16.7 Å². The molecule has 3 aromatic carbocycles. The molecule has 176 valence electrons. The number of nitrogens with zero attached hydrogens (tertiary/aromatic N) is 1. The van der Waals surface area contributed by atoms with E-state index in [1.807, 2.05) is 112 Å². The van der Waals surface area contributed by atoms with Gasteiger partial charge >= 0.3 is 11.9 Å². The fourth-order valence-electron chi connectivity index (χ4n) is 3.65. The van der Waals surface area contributed by atoms with Crippen molar-refractivity contribution in [2.24, 2.45) is 4.99 Å². The van der Waals surface area contributed by atoms with Crippen LogP contribution in [0.2, 0.25) is 0 Å². The average Bonchev–Trinajstić information content (AvgIpc) is 2.84. The molecule has 34 heavy (non-hydrogen) atoms. The molecule has 0 fully saturated rings. The summed E-state index contributed by atoms with van der Waals surface area (Å²) >= 11 is 0. The Morgan fingerprint density at radius 3 is 1.68 bits per heavy atom. The van der Waals surface area contributed by atoms with Crippen LogP contribution in [-0.2, 0) is 19.1 Å². The fraction of sp³-hybridized carbons (Fsp3) is 0.276. The van der Waals surface area contributed by atoms with E-state index in [0.29, 0.717) is 5.71 Å². The van der Waals surface area contributed by atoms with Crippen molar-refractivity contribution in [1.29, 1.82) is 0 Å². The van der Waals surface area contributed by atoms with Crippen LogP contribution in [0.4, 0.5) is 0 Å². The lowest BCUT2D eigenvalue weighted by Crippen LogP contribution is -2.34. The molecule has 0 unspecified atom stereocenters. The van der Waals surface area contributed by atoms with E-state index < -0.39 is 29.5 Å². The van der Waals surface area contributed by atoms with Crippen LogP contribution in [0, 0.1) is 0 Å². The second-order valence-corrected chi connectivity index (χ2v) is 8.98. The van der Waals surface area contributed by atoms with E-state index in [1.54, 1.807) is 0 Å². The highest BCUT2D eigenvalue weighted by Crippen LogP contribution is 2.27. The number of aliphatic imine (C=N–C) groups is 1. The molecule has 0 aliphatic rings. The van der Waals surface area contributed by atoms with Crippen LogP contribution in [0.15, 0.2) is 96.0 Å². The zero-order chi connectivity index (χ0) is 24.6. The van der Waals surface area contributed by atoms with Gasteiger partial charge in [0.25, 0.3) is 0 Å². The molecule has 0 aliphatic carbocycles. The molecule has 0 radical (unpaired) electrons. The molecule has 5 nitrogen and oxygen atoms in total. The van der Waals surface area contributed by atoms with Crippen molar-refractivity contribution in [3.05, 3.63) is 108 Å². The Bertz CT molecular complexity index is 1060. The Morgan fingerprint density at radius 1 is 0.765 bits per heavy atom. The first-order valence-electron chi connectivity index (χ1n) is 11.3. The van der Waals surface area contributed by atoms with Crippen molar-refractivity contribution in [3.8, 4) is 0 Å². The van der Waals surface area contributed by atoms with E-state index >= 15 is 0 Å². The summed E-state index contributed by atoms with van der Waals surface area (Å²) in [6.07, 6.45) is 0.120. The van der Waals surface area contributed by atoms with Gasteiger partial charge in [-0.3, -0.25) is 9.79 Å². The lowest BCUT2D eigenvalue weighted by atomic mass is 9.91. The summed E-state index contributed by atoms with van der Waals surface area (Å²) in [6.45, 7) is 5.45. The quantitative estimate of drug-likeness (QED) is 0.327. The van der Waals surface area contributed by atoms with Crippen LogP contribution in [0.3, 0.4) is 0 Å². The highest BCUT2D eigenvalue weighted by atomic mass is 16.6. The second-order valence-electron chi connectivity index (χ2n) is 8.98. The van der Waals surface area contributed by atoms with Gasteiger partial charge in [-0.15, -0.1) is 0 Å². The van der Waals surface area contributed by atoms with Gasteiger partial charge in [0.2, 0.25) is 0 Å². The summed E-state index contributed by atoms with van der Waals surface area (Å²) in [7, 11) is 1.35. The molecular weight excluding hydrogens is 426 g/mol. The number of benzene rings is 3. The molecule has 0 heterocycles. The largest absolute Gasteiger partial charge is 0.469 e. The Labute approximate surface area is 201 Å². The van der Waals surface area contributed by atoms with Crippen LogP contribution < -0.4 is 0 Å². The molecular formula is C29H31NO4. The molecule has 0 spiro atoms. The minimum Gasteiger partial charge on any atom is -0.469 e. The van der Waals surface area contributed by atoms with E-state index in [4.69, 9.17) is 14.5 Å². The number of ether oxygens (including phenoxy) is 2. The third-order valence-electron chi connectivity index (χ3n) is 5.20. The highest BCUT2D eigenvalue weighted by molar-refractivity contribution is 6.13. The summed E-state index contributed by atoms with van der Waals surface area (Å²) < 4.78 is 10.8. The number of hydrogen-bond acceptors (Lipinski definition) is 5. The standard InChI is InChI=1S/C29H31NO4/c1-29(2,3)34-28(32)25(20-24(27(31)33-4)21-14-8-5-9-15-21)30-26(22-16-10-6-11-17-22)23-18-12-7-13-19-23/h5-19,24-25H,20H2,1-4H3/t24-,25-/m1/s1. The Kier molecular flexibility index (Phi) is 8.36. The highest BCUT2D eigenvalue weighted by Gasteiger charge is 2.32. The maximum absolute atomic E-state index is 13.4. The van der Waals surface area contributed by atoms with Gasteiger partial charge in [-0.2, -0.15) is 0 Å². The second kappa shape index (κ2) is 11.4. The van der Waals surface area contributed by atoms with Gasteiger partial charge in [-0.05, 0) is 32.8 Å². The Hall–Kier alpha value is -3.73. The van der Waals surface area contributed by atoms with E-state index in [2.05, 4.69) is 0 Å². The first-order chi connectivity index (χ1) is 16.3. The zero-order valence-corrected chi connectivity index (χ0v) is 20.1. The topological polar surface area (TPSA) is 65.0 Å². The third kappa shape index (κ3) is 6.88. The van der Waals surface area contributed by atoms with E-state index in [-0.39, 0.29) is 6.42 Å². The lowest BCUT2D eigenvalue weighted by molar-refractivity contribution is -0.156. The van der Waals surface area contributed by atoms with Gasteiger partial charge in [0, 0.05) is 11.1 Å². The minimum absolute atomic E-state index is 0.120. The number of rotatable bonds is 8. The lowest BCUT2D eigenvalue weighted by Gasteiger charge is -2.25. The summed E-state index contributed by atoms with van der Waals surface area (Å²) in [4.78, 5) is 31.0. The molecule has 5 heteroatoms. The molecule has 0 aliphatic heterocycles. The van der Waals surface area contributed by atoms with Crippen molar-refractivity contribution >= 4 is 17.7 Å². The monoisotopic (exact) mass is 457 g/mol. The third-order valence-corrected chi connectivity index (χ3v) is 5.20. The first-order valence-corrected chi connectivity index (χ1v) is 11.3. The predicted octanol–water partition coefficient (Wildman–Crippen LogP) is 5.58. The molecule has 0 aromatic heterocycles. The maximum atomic E-state index is 13.4. The number of carbonyl (C=O) groups is 2. The molecule has 0 saturated carbocycles. The fourth-order valence-corrected chi connectivity index (χ4v) is 3.65. The summed E-state index contributed by atoms with van der Waals surface area (Å²) in [5.41, 5.74) is 2.47. The average molecular weight is 458 g/mol. The zero-order valence-electron chi connectivity index (χ0n) is 20.1. The van der Waals surface area contributed by atoms with Crippen LogP contribution >= 0.6 is 0 Å². The molecule has 0 amide bonds. The molecule has 2 atom stereocenters. The van der Waals surface area contributed by atoms with Crippen LogP contribution in [0.25, 0.3) is 0 Å². The van der Waals surface area contributed by atoms with Crippen molar-refractivity contribution in [2.75, 3.05) is 7.11 Å². The van der Waals surface area contributed by atoms with Gasteiger partial charge < -0.3 is 9.47 Å². The predicted molar refractivity (Wildman–Crippen MR) is 134 cm³/mol. The summed E-state index contributed by atoms with van der Waals surface area (Å²) in [5, 5.41) is 0. The maximum Gasteiger partial charge on any atom is 0.331 e. The number of esters is 2. The summed E-state index contributed by atoms with van der Waals surface area (Å²) in [5.74, 6) is -1.57. The summed E-state index contributed by atoms with van der Waals surface area (Å²) in [6, 6.07) is 27.8. The number of hydrogen-bond donors (Lipinski definition) is 0. The molecule has 0 bridgehead atoms. The van der Waals surface area contributed by atoms with Gasteiger partial charge in [-0.25, -0.2) is 4.79 Å². The minimum atomic E-state index is -0.918. The van der Waals surface area contributed by atoms with Crippen molar-refractivity contribution in [3.63, 3.8) is 0 Å². The van der Waals surface area contributed by atoms with Crippen LogP contribution in [0.5, 0.6) is 0 Å². The van der Waals surface area contributed by atoms with Gasteiger partial charge in [-0.1, -0.05) is 91.0 Å². The van der Waals surface area contributed by atoms with Gasteiger partial charge in [0.15, 0.2) is 0 Å². The number of carbonyl (C=O) groups excluding carboxylic acids is 2. The van der Waals surface area contributed by atoms with Crippen molar-refractivity contribution in [1.82, 2.24) is 0 Å². The molecule has 3 aromatic rings. The Morgan fingerprint density at radius 2 is 1.24 bits per heavy atom. The van der Waals surface area contributed by atoms with Crippen molar-refractivity contribution in [2.45, 2.75) is 44.8 Å². The molecule has 0 N–H and O–H groups in total. The van der Waals surface area contributed by atoms with Crippen LogP contribution in [-0.4, -0.2) is 36.4 Å². The van der Waals surface area contributed by atoms with Crippen LogP contribution in [0.1, 0.15) is 49.8 Å². The van der Waals surface area contributed by atoms with Crippen molar-refractivity contribution < 1.29 is 19.1 Å². The van der Waals surface area contributed by atoms with Gasteiger partial charge in [0.05, 0.1) is 18.7 Å². The van der Waals surface area contributed by atoms with Gasteiger partial charge in [0.1, 0.15) is 11.6 Å². The molecule has 3 rings (SSSR count). The smallest absolute Gasteiger partial charge is 0.331 e. The molecule has 0 saturated heterocycles. The number of methoxy groups -OCH3 is 1. The Balaban J connectivity index is 2.11. The van der Waals surface area contributed by atoms with E-state index in [9.17, 15) is 9.59 Å². The normalized spacial score (nSPS) is 12.8. The SMILES string of the molecule is COC(=O)[C@H](C[C@@H](N=C(c1ccccc1)c1ccccc1)C(=O)OC(C)(C)C)c1ccccc1.